The summed E-state index contributed by atoms with van der Waals surface area (Å²) in [4.78, 5) is 0. The lowest BCUT2D eigenvalue weighted by Crippen LogP contribution is -2.41. The smallest absolute Gasteiger partial charge is 0.465 e. The van der Waals surface area contributed by atoms with Crippen LogP contribution in [0.5, 0.6) is 0 Å². The van der Waals surface area contributed by atoms with Crippen LogP contribution in [0.25, 0.3) is 0 Å². The highest BCUT2D eigenvalue weighted by Gasteiger charge is 2.51. The Morgan fingerprint density at radius 3 is 2.38 bits per heavy atom. The van der Waals surface area contributed by atoms with Crippen molar-refractivity contribution in [3.05, 3.63) is 23.2 Å². The van der Waals surface area contributed by atoms with Gasteiger partial charge in [0.15, 0.2) is 0 Å². The minimum atomic E-state index is -0.318. The van der Waals surface area contributed by atoms with Gasteiger partial charge in [-0.2, -0.15) is 0 Å². The molecule has 2 rings (SSSR count). The van der Waals surface area contributed by atoms with Gasteiger partial charge in [0.25, 0.3) is 0 Å². The maximum Gasteiger partial charge on any atom is 0.465 e. The average Bonchev–Trinajstić information content (AvgIpc) is 2.96. The molecule has 5 heteroatoms. The van der Waals surface area contributed by atoms with Gasteiger partial charge in [-0.3, -0.25) is 0 Å². The van der Waals surface area contributed by atoms with Gasteiger partial charge in [0.1, 0.15) is 11.5 Å². The third-order valence-corrected chi connectivity index (χ3v) is 4.86. The van der Waals surface area contributed by atoms with Gasteiger partial charge < -0.3 is 18.8 Å². The monoisotopic (exact) mass is 336 g/mol. The molecule has 0 unspecified atom stereocenters. The van der Waals surface area contributed by atoms with Crippen LogP contribution < -0.4 is 0 Å². The van der Waals surface area contributed by atoms with Crippen LogP contribution in [0.3, 0.4) is 0 Å². The van der Waals surface area contributed by atoms with E-state index in [0.29, 0.717) is 18.8 Å². The minimum Gasteiger partial charge on any atom is -0.498 e. The lowest BCUT2D eigenvalue weighted by Gasteiger charge is -2.32. The second kappa shape index (κ2) is 7.53. The Kier molecular flexibility index (Phi) is 6.08. The Balaban J connectivity index is 2.22. The van der Waals surface area contributed by atoms with E-state index < -0.39 is 0 Å². The first-order valence-corrected chi connectivity index (χ1v) is 9.21. The molecule has 2 aliphatic rings. The van der Waals surface area contributed by atoms with Gasteiger partial charge >= 0.3 is 7.12 Å². The first-order chi connectivity index (χ1) is 11.2. The fraction of sp³-hybridized carbons (Fsp3) is 0.789. The van der Waals surface area contributed by atoms with E-state index in [2.05, 4.69) is 54.5 Å². The number of ether oxygens (including phenoxy) is 2. The molecule has 136 valence electrons. The molecular weight excluding hydrogens is 303 g/mol. The zero-order valence-corrected chi connectivity index (χ0v) is 16.4. The number of rotatable bonds is 6. The predicted octanol–water partition coefficient (Wildman–Crippen LogP) is 4.72. The lowest BCUT2D eigenvalue weighted by molar-refractivity contribution is 0.00578. The second-order valence-electron chi connectivity index (χ2n) is 8.01. The van der Waals surface area contributed by atoms with Gasteiger partial charge in [-0.05, 0) is 46.1 Å². The molecule has 2 saturated heterocycles. The molecule has 2 heterocycles. The molecule has 0 aromatic rings. The van der Waals surface area contributed by atoms with Crippen LogP contribution in [-0.4, -0.2) is 31.5 Å². The fourth-order valence-corrected chi connectivity index (χ4v) is 2.90. The quantitative estimate of drug-likeness (QED) is 0.519. The number of hydrogen-bond donors (Lipinski definition) is 0. The first kappa shape index (κ1) is 19.4. The fourth-order valence-electron chi connectivity index (χ4n) is 2.90. The van der Waals surface area contributed by atoms with Crippen LogP contribution in [0, 0.1) is 5.92 Å². The summed E-state index contributed by atoms with van der Waals surface area (Å²) in [5, 5.41) is 0. The van der Waals surface area contributed by atoms with E-state index in [4.69, 9.17) is 18.8 Å². The summed E-state index contributed by atoms with van der Waals surface area (Å²) < 4.78 is 24.2. The maximum atomic E-state index is 6.15. The van der Waals surface area contributed by atoms with Crippen LogP contribution in [0.2, 0.25) is 6.32 Å². The summed E-state index contributed by atoms with van der Waals surface area (Å²) >= 11 is 0. The van der Waals surface area contributed by atoms with Crippen LogP contribution in [0.1, 0.15) is 61.3 Å². The van der Waals surface area contributed by atoms with E-state index in [1.165, 1.54) is 5.57 Å². The van der Waals surface area contributed by atoms with Crippen LogP contribution in [0.4, 0.5) is 0 Å². The topological polar surface area (TPSA) is 36.9 Å². The van der Waals surface area contributed by atoms with Gasteiger partial charge in [0, 0.05) is 18.3 Å². The summed E-state index contributed by atoms with van der Waals surface area (Å²) in [5.41, 5.74) is 0.536. The molecule has 0 atom stereocenters. The highest BCUT2D eigenvalue weighted by atomic mass is 16.7. The van der Waals surface area contributed by atoms with E-state index in [-0.39, 0.29) is 18.3 Å². The van der Waals surface area contributed by atoms with Crippen molar-refractivity contribution < 1.29 is 18.8 Å². The van der Waals surface area contributed by atoms with E-state index in [0.717, 1.165) is 31.0 Å². The summed E-state index contributed by atoms with van der Waals surface area (Å²) in [6.07, 6.45) is 4.66. The lowest BCUT2D eigenvalue weighted by atomic mass is 9.82. The molecule has 0 aromatic carbocycles. The van der Waals surface area contributed by atoms with Crippen molar-refractivity contribution in [1.82, 2.24) is 0 Å². The first-order valence-electron chi connectivity index (χ1n) is 9.21. The Bertz CT molecular complexity index is 489. The third-order valence-electron chi connectivity index (χ3n) is 4.86. The van der Waals surface area contributed by atoms with E-state index in [9.17, 15) is 0 Å². The van der Waals surface area contributed by atoms with E-state index >= 15 is 0 Å². The molecular formula is C19H33BO4. The molecule has 0 amide bonds. The van der Waals surface area contributed by atoms with Crippen molar-refractivity contribution in [3.63, 3.8) is 0 Å². The van der Waals surface area contributed by atoms with Crippen molar-refractivity contribution >= 4 is 7.12 Å². The SMILES string of the molecule is CCCO/C(CB1OC(C)(C)C(C)(C)O1)=C1\CCO\C1=C\C(C)C. The Hall–Kier alpha value is -0.935. The van der Waals surface area contributed by atoms with Crippen LogP contribution in [0.15, 0.2) is 23.2 Å². The molecule has 4 nitrogen and oxygen atoms in total. The highest BCUT2D eigenvalue weighted by molar-refractivity contribution is 6.46. The van der Waals surface area contributed by atoms with E-state index in [1.54, 1.807) is 0 Å². The molecule has 2 fully saturated rings. The normalized spacial score (nSPS) is 26.2. The van der Waals surface area contributed by atoms with Crippen molar-refractivity contribution in [2.45, 2.75) is 78.8 Å². The molecule has 0 bridgehead atoms. The van der Waals surface area contributed by atoms with Crippen LogP contribution >= 0.6 is 0 Å². The molecule has 24 heavy (non-hydrogen) atoms. The van der Waals surface area contributed by atoms with Gasteiger partial charge in [-0.15, -0.1) is 0 Å². The van der Waals surface area contributed by atoms with Crippen LogP contribution in [-0.2, 0) is 18.8 Å². The molecule has 2 aliphatic heterocycles. The minimum absolute atomic E-state index is 0.282. The van der Waals surface area contributed by atoms with Crippen molar-refractivity contribution in [2.75, 3.05) is 13.2 Å². The van der Waals surface area contributed by atoms with Gasteiger partial charge in [-0.25, -0.2) is 0 Å². The molecule has 0 spiro atoms. The van der Waals surface area contributed by atoms with E-state index in [1.807, 2.05) is 0 Å². The summed E-state index contributed by atoms with van der Waals surface area (Å²) in [6, 6.07) is 0. The molecule has 0 aliphatic carbocycles. The second-order valence-corrected chi connectivity index (χ2v) is 8.01. The van der Waals surface area contributed by atoms with Gasteiger partial charge in [-0.1, -0.05) is 20.8 Å². The molecule has 0 radical (unpaired) electrons. The van der Waals surface area contributed by atoms with Crippen molar-refractivity contribution in [3.8, 4) is 0 Å². The Morgan fingerprint density at radius 1 is 1.21 bits per heavy atom. The summed E-state index contributed by atoms with van der Waals surface area (Å²) in [7, 11) is -0.282. The van der Waals surface area contributed by atoms with Gasteiger partial charge in [0.05, 0.1) is 24.4 Å². The number of hydrogen-bond acceptors (Lipinski definition) is 4. The highest BCUT2D eigenvalue weighted by Crippen LogP contribution is 2.40. The Labute approximate surface area is 147 Å². The summed E-state index contributed by atoms with van der Waals surface area (Å²) in [6.45, 7) is 16.2. The van der Waals surface area contributed by atoms with Crippen molar-refractivity contribution in [1.29, 1.82) is 0 Å². The zero-order chi connectivity index (χ0) is 18.0. The predicted molar refractivity (Wildman–Crippen MR) is 97.6 cm³/mol. The van der Waals surface area contributed by atoms with Crippen molar-refractivity contribution in [2.24, 2.45) is 5.92 Å². The largest absolute Gasteiger partial charge is 0.498 e. The number of allylic oxidation sites excluding steroid dienone is 3. The molecule has 0 saturated carbocycles. The molecule has 0 aromatic heterocycles. The zero-order valence-electron chi connectivity index (χ0n) is 16.4. The van der Waals surface area contributed by atoms with Gasteiger partial charge in [0.2, 0.25) is 0 Å². The Morgan fingerprint density at radius 2 is 1.83 bits per heavy atom. The summed E-state index contributed by atoms with van der Waals surface area (Å²) in [5.74, 6) is 2.37. The standard InChI is InChI=1S/C19H33BO4/c1-8-10-21-17(15-9-11-22-16(15)12-14(2)3)13-20-23-18(4,5)19(6,7)24-20/h12,14H,8-11,13H2,1-7H3/b16-12+,17-15+. The maximum absolute atomic E-state index is 6.15. The average molecular weight is 336 g/mol. The third kappa shape index (κ3) is 4.37. The molecule has 0 N–H and O–H groups in total.